The number of carbonyl (C=O) groups is 4. The van der Waals surface area contributed by atoms with Crippen molar-refractivity contribution < 1.29 is 38.9 Å². The molecule has 12 nitrogen and oxygen atoms in total. The van der Waals surface area contributed by atoms with E-state index in [2.05, 4.69) is 9.97 Å². The van der Waals surface area contributed by atoms with Gasteiger partial charge in [-0.25, -0.2) is 9.59 Å². The van der Waals surface area contributed by atoms with E-state index in [1.165, 1.54) is 22.2 Å². The summed E-state index contributed by atoms with van der Waals surface area (Å²) in [4.78, 5) is 62.1. The van der Waals surface area contributed by atoms with E-state index in [1.807, 2.05) is 84.9 Å². The number of aliphatic carboxylic acids is 2. The van der Waals surface area contributed by atoms with E-state index in [0.717, 1.165) is 28.0 Å². The van der Waals surface area contributed by atoms with Crippen molar-refractivity contribution in [3.05, 3.63) is 166 Å². The van der Waals surface area contributed by atoms with Gasteiger partial charge in [0.2, 0.25) is 0 Å². The molecule has 14 heteroatoms. The minimum absolute atomic E-state index is 0.330. The summed E-state index contributed by atoms with van der Waals surface area (Å²) in [5.41, 5.74) is 5.31. The number of hydrogen-bond acceptors (Lipinski definition) is 8. The summed E-state index contributed by atoms with van der Waals surface area (Å²) in [6.07, 6.45) is 4.77. The van der Waals surface area contributed by atoms with E-state index in [9.17, 15) is 29.4 Å². The minimum Gasteiger partial charge on any atom is -0.497 e. The maximum atomic E-state index is 13.4. The second-order valence-corrected chi connectivity index (χ2v) is 15.5. The lowest BCUT2D eigenvalue weighted by Crippen LogP contribution is -2.42. The van der Waals surface area contributed by atoms with Crippen molar-refractivity contribution in [2.24, 2.45) is 0 Å². The van der Waals surface area contributed by atoms with Gasteiger partial charge >= 0.3 is 11.9 Å². The largest absolute Gasteiger partial charge is 0.497 e. The number of nitrogens with zero attached hydrogens (tertiary/aromatic N) is 4. The van der Waals surface area contributed by atoms with Crippen LogP contribution in [0.4, 0.5) is 0 Å². The molecule has 4 atom stereocenters. The number of pyridine rings is 2. The van der Waals surface area contributed by atoms with Gasteiger partial charge in [0, 0.05) is 33.6 Å². The molecule has 2 aromatic heterocycles. The van der Waals surface area contributed by atoms with Crippen LogP contribution in [0.5, 0.6) is 11.5 Å². The Morgan fingerprint density at radius 2 is 1.02 bits per heavy atom. The third-order valence-corrected chi connectivity index (χ3v) is 11.8. The Morgan fingerprint density at radius 1 is 0.548 bits per heavy atom. The zero-order valence-electron chi connectivity index (χ0n) is 33.7. The highest BCUT2D eigenvalue weighted by molar-refractivity contribution is 6.31. The monoisotopic (exact) mass is 872 g/mol. The molecular formula is C48H42Cl2N4O8. The van der Waals surface area contributed by atoms with E-state index < -0.39 is 36.1 Å². The van der Waals surface area contributed by atoms with Crippen molar-refractivity contribution in [2.45, 2.75) is 49.9 Å². The zero-order valence-corrected chi connectivity index (χ0v) is 35.2. The number of hydrogen-bond donors (Lipinski definition) is 2. The third-order valence-electron chi connectivity index (χ3n) is 11.1. The van der Waals surface area contributed by atoms with Crippen molar-refractivity contribution in [2.75, 3.05) is 14.2 Å². The molecule has 2 N–H and O–H groups in total. The fourth-order valence-electron chi connectivity index (χ4n) is 8.00. The first-order chi connectivity index (χ1) is 30.0. The van der Waals surface area contributed by atoms with Gasteiger partial charge in [0.25, 0.3) is 11.8 Å². The summed E-state index contributed by atoms with van der Waals surface area (Å²) in [6, 6.07) is 33.6. The standard InChI is InChI=1S/2C24H21ClN2O4/c1-31-17-6-4-5-15(13-17)20-10-9-16(14-26-20)23(28)27-21(11-12-22(27)24(29)30)18-7-2-3-8-19(18)25;1-31-17-9-6-15(7-10-17)20-11-8-16(14-26-20)23(28)27-21(12-13-22(27)24(29)30)18-4-2-3-5-19(18)25/h2-10,13-14,21-22H,11-12H2,1H3,(H,29,30);2-11,14,21-22H,12-13H2,1H3,(H,29,30)/t2*21-,22+/m11/s1. The van der Waals surface area contributed by atoms with Gasteiger partial charge in [-0.3, -0.25) is 19.6 Å². The highest BCUT2D eigenvalue weighted by Gasteiger charge is 2.44. The van der Waals surface area contributed by atoms with Crippen LogP contribution in [0.3, 0.4) is 0 Å². The topological polar surface area (TPSA) is 159 Å². The predicted octanol–water partition coefficient (Wildman–Crippen LogP) is 9.68. The minimum atomic E-state index is -1.02. The van der Waals surface area contributed by atoms with Gasteiger partial charge in [-0.15, -0.1) is 0 Å². The van der Waals surface area contributed by atoms with Crippen molar-refractivity contribution >= 4 is 47.0 Å². The maximum absolute atomic E-state index is 13.4. The van der Waals surface area contributed by atoms with Gasteiger partial charge in [-0.1, -0.05) is 71.7 Å². The van der Waals surface area contributed by atoms with Gasteiger partial charge in [0.1, 0.15) is 23.6 Å². The molecule has 0 bridgehead atoms. The molecule has 0 saturated carbocycles. The Morgan fingerprint density at radius 3 is 1.44 bits per heavy atom. The Kier molecular flexibility index (Phi) is 13.5. The number of halogens is 2. The average Bonchev–Trinajstić information content (AvgIpc) is 3.96. The summed E-state index contributed by atoms with van der Waals surface area (Å²) in [7, 11) is 3.20. The Labute approximate surface area is 368 Å². The zero-order chi connectivity index (χ0) is 43.9. The van der Waals surface area contributed by atoms with Crippen molar-refractivity contribution in [1.29, 1.82) is 0 Å². The van der Waals surface area contributed by atoms with E-state index in [4.69, 9.17) is 32.7 Å². The van der Waals surface area contributed by atoms with Crippen molar-refractivity contribution in [3.63, 3.8) is 0 Å². The lowest BCUT2D eigenvalue weighted by molar-refractivity contribution is -0.142. The Balaban J connectivity index is 0.000000186. The number of rotatable bonds is 10. The molecule has 2 aliphatic heterocycles. The van der Waals surface area contributed by atoms with Crippen LogP contribution in [0.15, 0.2) is 134 Å². The number of ether oxygens (including phenoxy) is 2. The Hall–Kier alpha value is -6.76. The molecule has 6 aromatic rings. The number of methoxy groups -OCH3 is 2. The maximum Gasteiger partial charge on any atom is 0.326 e. The van der Waals surface area contributed by atoms with Crippen LogP contribution in [0.2, 0.25) is 10.0 Å². The number of benzene rings is 4. The number of amides is 2. The van der Waals surface area contributed by atoms with Crippen LogP contribution in [-0.4, -0.2) is 80.0 Å². The van der Waals surface area contributed by atoms with Crippen molar-refractivity contribution in [3.8, 4) is 34.0 Å². The van der Waals surface area contributed by atoms with E-state index in [1.54, 1.807) is 50.6 Å². The van der Waals surface area contributed by atoms with Crippen LogP contribution in [-0.2, 0) is 9.59 Å². The van der Waals surface area contributed by atoms with Crippen LogP contribution >= 0.6 is 23.2 Å². The molecule has 4 aromatic carbocycles. The molecule has 2 fully saturated rings. The molecule has 0 spiro atoms. The highest BCUT2D eigenvalue weighted by Crippen LogP contribution is 2.42. The van der Waals surface area contributed by atoms with Gasteiger partial charge in [-0.05, 0) is 110 Å². The second kappa shape index (κ2) is 19.3. The molecular weight excluding hydrogens is 831 g/mol. The molecule has 4 heterocycles. The van der Waals surface area contributed by atoms with E-state index in [-0.39, 0.29) is 11.8 Å². The lowest BCUT2D eigenvalue weighted by atomic mass is 10.0. The number of carboxylic acid groups (broad SMARTS) is 2. The molecule has 0 aliphatic carbocycles. The summed E-state index contributed by atoms with van der Waals surface area (Å²) in [6.45, 7) is 0. The summed E-state index contributed by atoms with van der Waals surface area (Å²) in [5, 5.41) is 20.4. The van der Waals surface area contributed by atoms with Gasteiger partial charge in [0.15, 0.2) is 0 Å². The predicted molar refractivity (Wildman–Crippen MR) is 234 cm³/mol. The van der Waals surface area contributed by atoms with E-state index >= 15 is 0 Å². The normalized spacial score (nSPS) is 18.1. The smallest absolute Gasteiger partial charge is 0.326 e. The van der Waals surface area contributed by atoms with Gasteiger partial charge in [-0.2, -0.15) is 0 Å². The van der Waals surface area contributed by atoms with Crippen molar-refractivity contribution in [1.82, 2.24) is 19.8 Å². The number of carbonyl (C=O) groups excluding carboxylic acids is 2. The first kappa shape index (κ1) is 43.3. The first-order valence-corrected chi connectivity index (χ1v) is 20.5. The average molecular weight is 874 g/mol. The summed E-state index contributed by atoms with van der Waals surface area (Å²) >= 11 is 12.7. The number of carboxylic acids is 2. The van der Waals surface area contributed by atoms with Crippen LogP contribution in [0.1, 0.15) is 69.6 Å². The Bertz CT molecular complexity index is 2570. The van der Waals surface area contributed by atoms with Crippen LogP contribution in [0.25, 0.3) is 22.5 Å². The third kappa shape index (κ3) is 9.26. The number of aromatic nitrogens is 2. The lowest BCUT2D eigenvalue weighted by Gasteiger charge is -2.29. The summed E-state index contributed by atoms with van der Waals surface area (Å²) in [5.74, 6) is -1.34. The van der Waals surface area contributed by atoms with E-state index in [0.29, 0.717) is 64.0 Å². The van der Waals surface area contributed by atoms with Gasteiger partial charge < -0.3 is 29.5 Å². The van der Waals surface area contributed by atoms with Crippen LogP contribution < -0.4 is 9.47 Å². The number of likely N-dealkylation sites (tertiary alicyclic amines) is 2. The molecule has 2 aliphatic rings. The molecule has 2 saturated heterocycles. The molecule has 8 rings (SSSR count). The fraction of sp³-hybridized carbons (Fsp3) is 0.208. The summed E-state index contributed by atoms with van der Waals surface area (Å²) < 4.78 is 10.4. The SMILES string of the molecule is COc1ccc(-c2ccc(C(=O)N3[C@@H](c4ccccc4Cl)CC[C@H]3C(=O)O)cn2)cc1.COc1cccc(-c2ccc(C(=O)N3[C@@H](c4ccccc4Cl)CC[C@H]3C(=O)O)cn2)c1. The van der Waals surface area contributed by atoms with Crippen LogP contribution in [0, 0.1) is 0 Å². The van der Waals surface area contributed by atoms with Gasteiger partial charge in [0.05, 0.1) is 48.8 Å². The molecule has 62 heavy (non-hydrogen) atoms. The molecule has 0 radical (unpaired) electrons. The second-order valence-electron chi connectivity index (χ2n) is 14.7. The highest BCUT2D eigenvalue weighted by atomic mass is 35.5. The quantitative estimate of drug-likeness (QED) is 0.136. The first-order valence-electron chi connectivity index (χ1n) is 19.8. The molecule has 2 amide bonds. The molecule has 0 unspecified atom stereocenters. The molecule has 316 valence electrons. The fourth-order valence-corrected chi connectivity index (χ4v) is 8.52.